The molecule has 11 rings (SSSR count). The molecule has 742 valence electrons. The molecule has 11 fully saturated rings. The van der Waals surface area contributed by atoms with E-state index in [0.717, 1.165) is 83.3 Å². The molecule has 9 saturated heterocycles. The molecule has 0 aromatic heterocycles. The molecule has 10 unspecified atom stereocenters. The zero-order chi connectivity index (χ0) is 96.5. The van der Waals surface area contributed by atoms with Gasteiger partial charge in [-0.25, -0.2) is 0 Å². The van der Waals surface area contributed by atoms with Crippen molar-refractivity contribution in [2.75, 3.05) is 78.5 Å². The van der Waals surface area contributed by atoms with Crippen LogP contribution < -0.4 is 0 Å². The van der Waals surface area contributed by atoms with Crippen LogP contribution in [-0.2, 0) is 0 Å². The highest BCUT2D eigenvalue weighted by Gasteiger charge is 2.53. The van der Waals surface area contributed by atoms with Gasteiger partial charge in [-0.05, 0) is 411 Å². The first-order valence-electron chi connectivity index (χ1n) is 52.7. The summed E-state index contributed by atoms with van der Waals surface area (Å²) in [6.45, 7) is 145. The summed E-state index contributed by atoms with van der Waals surface area (Å²) in [6, 6.07) is 3.37. The van der Waals surface area contributed by atoms with E-state index in [0.29, 0.717) is 87.6 Å². The van der Waals surface area contributed by atoms with Crippen molar-refractivity contribution >= 4 is 0 Å². The number of hydrogen-bond donors (Lipinski definition) is 0. The van der Waals surface area contributed by atoms with Crippen LogP contribution in [0.3, 0.4) is 0 Å². The number of nitrogens with zero attached hydrogens (tertiary/aromatic N) is 8. The van der Waals surface area contributed by atoms with Crippen molar-refractivity contribution in [1.82, 2.24) is 39.2 Å². The summed E-state index contributed by atoms with van der Waals surface area (Å²) in [7, 11) is 0. The lowest BCUT2D eigenvalue weighted by Gasteiger charge is -2.52. The third-order valence-electron chi connectivity index (χ3n) is 31.1. The zero-order valence-corrected chi connectivity index (χ0v) is 95.5. The Labute approximate surface area is 781 Å². The predicted octanol–water partition coefficient (Wildman–Crippen LogP) is 32.8. The highest BCUT2D eigenvalue weighted by Crippen LogP contribution is 2.54. The molecule has 11 aliphatic rings. The van der Waals surface area contributed by atoms with Crippen LogP contribution in [0.25, 0.3) is 0 Å². The van der Waals surface area contributed by atoms with Gasteiger partial charge in [-0.3, -0.25) is 39.2 Å². The second kappa shape index (κ2) is 49.3. The molecule has 10 atom stereocenters. The third kappa shape index (κ3) is 41.2. The molecule has 0 aromatic rings. The Hall–Kier alpha value is -0.320. The van der Waals surface area contributed by atoms with Gasteiger partial charge >= 0.3 is 0 Å². The molecule has 8 heteroatoms. The van der Waals surface area contributed by atoms with Crippen LogP contribution in [0.5, 0.6) is 0 Å². The van der Waals surface area contributed by atoms with E-state index in [2.05, 4.69) is 372 Å². The highest BCUT2D eigenvalue weighted by molar-refractivity contribution is 5.06. The molecule has 6 bridgehead atoms. The average Bonchev–Trinajstić information content (AvgIpc) is 1.15. The lowest BCUT2D eigenvalue weighted by Crippen LogP contribution is -2.59. The Morgan fingerprint density at radius 2 is 0.512 bits per heavy atom. The molecule has 0 N–H and O–H groups in total. The van der Waals surface area contributed by atoms with Crippen LogP contribution in [0.2, 0.25) is 0 Å². The number of fused-ring (bicyclic) bond motifs is 6. The van der Waals surface area contributed by atoms with E-state index in [9.17, 15) is 0 Å². The molecule has 2 aliphatic carbocycles. The Bertz CT molecular complexity index is 2540. The van der Waals surface area contributed by atoms with Crippen molar-refractivity contribution in [3.8, 4) is 0 Å². The first-order chi connectivity index (χ1) is 54.6. The first kappa shape index (κ1) is 125. The van der Waals surface area contributed by atoms with Crippen LogP contribution in [0.4, 0.5) is 0 Å². The van der Waals surface area contributed by atoms with Crippen LogP contribution in [-0.4, -0.2) is 186 Å². The summed E-state index contributed by atoms with van der Waals surface area (Å²) in [4.78, 5) is 21.4. The van der Waals surface area contributed by atoms with Gasteiger partial charge in [-0.15, -0.1) is 0 Å². The van der Waals surface area contributed by atoms with Gasteiger partial charge in [-0.1, -0.05) is 229 Å². The monoisotopic (exact) mass is 1740 g/mol. The van der Waals surface area contributed by atoms with Crippen LogP contribution in [0.15, 0.2) is 0 Å². The number of hydrogen-bond acceptors (Lipinski definition) is 8. The quantitative estimate of drug-likeness (QED) is 0.237. The van der Waals surface area contributed by atoms with Crippen LogP contribution in [0, 0.1) is 102 Å². The molecule has 0 spiro atoms. The van der Waals surface area contributed by atoms with Gasteiger partial charge in [0.1, 0.15) is 0 Å². The van der Waals surface area contributed by atoms with E-state index in [1.54, 1.807) is 0 Å². The maximum atomic E-state index is 2.81. The Balaban J connectivity index is 0. The maximum Gasteiger partial charge on any atom is 0.0149 e. The second-order valence-electron chi connectivity index (χ2n) is 56.7. The molecule has 0 aromatic carbocycles. The van der Waals surface area contributed by atoms with Crippen molar-refractivity contribution < 1.29 is 0 Å². The van der Waals surface area contributed by atoms with Gasteiger partial charge in [0.05, 0.1) is 0 Å². The topological polar surface area (TPSA) is 25.9 Å². The van der Waals surface area contributed by atoms with Gasteiger partial charge in [0, 0.05) is 108 Å². The molecule has 123 heavy (non-hydrogen) atoms. The largest absolute Gasteiger partial charge is 0.298 e. The molecule has 0 radical (unpaired) electrons. The average molecular weight is 1740 g/mol. The fraction of sp³-hybridized carbons (Fsp3) is 1.00. The Kier molecular flexibility index (Phi) is 49.9. The Morgan fingerprint density at radius 3 is 0.789 bits per heavy atom. The standard InChI is InChI=1S/2C15H29N.C14H27N.C14H29N.C13H27N.2C12H25N.C11H23N.4C2H6.CH4/c1-14(2,3)11-9-12-7-8-13(10-11)16(12)15(4,5)6;1-14(2,3)13-11-7-8-12(13)10-16(9-11)15(4,5)6;1-13(2,3)12-8-11-7-10(12)9-15(11)14(4,5)6;1-13(2,3)12-8-7-10-15(11-9-12)14(4,5)6;1-12(2,3)11-7-9-14(10-8-11)13(4,5)6;1-11(2,3)10-7-8-13(9-10)12(4,5)6;1-11(2,3)10-8-7-9-13(10)12(4,5)6;1-10(2,3)9-7-12(8-9)11(4,5)6;4*1-2;/h2*11-13H,7-10H2,1-6H3;10-12H,7-9H2,1-6H3;12H,7-11H2,1-6H3;11H,7-10H2,1-6H3;2*10H,7-9H2,1-6H3;9H,7-8H2,1-6H3;4*1-2H3;1H4. The summed E-state index contributed by atoms with van der Waals surface area (Å²) in [5.74, 6) is 9.34. The molecule has 2 saturated carbocycles. The summed E-state index contributed by atoms with van der Waals surface area (Å²) < 4.78 is 0. The SMILES string of the molecule is C.CC.CC.CC.CC.CC(C)(C)C1C2CCC1CN(C(C)(C)C)C2.CC(C)(C)C1CC2CC1CN2C(C)(C)C.CC(C)(C)C1CC2CCC(C1)N2C(C)(C)C.CC(C)(C)C1CCCN(C(C)(C)C)CC1.CC(C)(C)C1CCCN1C(C)(C)C.CC(C)(C)C1CCN(C(C)(C)C)C1.CC(C)(C)C1CCN(C(C)(C)C)CC1.CC(C)(C)C1CN(C(C)(C)C)C1. The number of rotatable bonds is 0. The van der Waals surface area contributed by atoms with Gasteiger partial charge < -0.3 is 0 Å². The van der Waals surface area contributed by atoms with E-state index in [1.165, 1.54) is 181 Å². The highest BCUT2D eigenvalue weighted by atomic mass is 15.3. The minimum absolute atomic E-state index is 0. The van der Waals surface area contributed by atoms with E-state index in [4.69, 9.17) is 0 Å². The zero-order valence-electron chi connectivity index (χ0n) is 95.5. The smallest absolute Gasteiger partial charge is 0.0149 e. The molecule has 0 amide bonds. The molecule has 9 heterocycles. The van der Waals surface area contributed by atoms with Crippen molar-refractivity contribution in [1.29, 1.82) is 0 Å². The number of likely N-dealkylation sites (tertiary alicyclic amines) is 7. The summed E-state index contributed by atoms with van der Waals surface area (Å²) in [5.41, 5.74) is 6.86. The molecular weight excluding hydrogens is 1490 g/mol. The molecular formula is C115H242N8. The maximum absolute atomic E-state index is 2.81. The van der Waals surface area contributed by atoms with Gasteiger partial charge in [0.2, 0.25) is 0 Å². The number of piperidine rings is 4. The Morgan fingerprint density at radius 1 is 0.195 bits per heavy atom. The summed E-state index contributed by atoms with van der Waals surface area (Å²) in [5, 5.41) is 0. The first-order valence-corrected chi connectivity index (χ1v) is 52.7. The second-order valence-corrected chi connectivity index (χ2v) is 56.7. The fourth-order valence-corrected chi connectivity index (χ4v) is 23.2. The van der Waals surface area contributed by atoms with Crippen LogP contribution in [0.1, 0.15) is 498 Å². The normalized spacial score (nSPS) is 28.0. The third-order valence-corrected chi connectivity index (χ3v) is 31.1. The molecule has 9 aliphatic heterocycles. The van der Waals surface area contributed by atoms with Gasteiger partial charge in [0.15, 0.2) is 0 Å². The van der Waals surface area contributed by atoms with Crippen molar-refractivity contribution in [2.45, 2.75) is 566 Å². The lowest BCUT2D eigenvalue weighted by atomic mass is 9.68. The summed E-state index contributed by atoms with van der Waals surface area (Å²) >= 11 is 0. The molecule has 8 nitrogen and oxygen atoms in total. The van der Waals surface area contributed by atoms with Crippen molar-refractivity contribution in [3.05, 3.63) is 0 Å². The van der Waals surface area contributed by atoms with Crippen molar-refractivity contribution in [2.24, 2.45) is 102 Å². The minimum atomic E-state index is 0. The van der Waals surface area contributed by atoms with Crippen molar-refractivity contribution in [3.63, 3.8) is 0 Å². The summed E-state index contributed by atoms with van der Waals surface area (Å²) in [6.07, 6.45) is 22.6. The lowest BCUT2D eigenvalue weighted by molar-refractivity contribution is -0.0345. The van der Waals surface area contributed by atoms with E-state index >= 15 is 0 Å². The fourth-order valence-electron chi connectivity index (χ4n) is 23.2. The van der Waals surface area contributed by atoms with Gasteiger partial charge in [-0.2, -0.15) is 0 Å². The predicted molar refractivity (Wildman–Crippen MR) is 563 cm³/mol. The van der Waals surface area contributed by atoms with Gasteiger partial charge in [0.25, 0.3) is 0 Å². The van der Waals surface area contributed by atoms with E-state index in [-0.39, 0.29) is 7.43 Å². The van der Waals surface area contributed by atoms with Crippen LogP contribution >= 0.6 is 0 Å². The van der Waals surface area contributed by atoms with E-state index in [1.807, 2.05) is 55.4 Å². The minimum Gasteiger partial charge on any atom is -0.298 e. The van der Waals surface area contributed by atoms with E-state index < -0.39 is 0 Å².